The Kier molecular flexibility index (Phi) is 5.79. The number of hydrogen-bond acceptors (Lipinski definition) is 3. The summed E-state index contributed by atoms with van der Waals surface area (Å²) in [5.41, 5.74) is 0. The van der Waals surface area contributed by atoms with E-state index in [4.69, 9.17) is 9.90 Å². The second kappa shape index (κ2) is 6.31. The molecule has 1 unspecified atom stereocenters. The quantitative estimate of drug-likeness (QED) is 0.603. The molecule has 5 nitrogen and oxygen atoms in total. The zero-order chi connectivity index (χ0) is 12.8. The van der Waals surface area contributed by atoms with Crippen LogP contribution < -0.4 is 10.6 Å². The number of halogens is 3. The highest BCUT2D eigenvalue weighted by Gasteiger charge is 2.38. The van der Waals surface area contributed by atoms with Crippen molar-refractivity contribution >= 4 is 11.9 Å². The number of carbonyl (C=O) groups excluding carboxylic acids is 1. The standard InChI is InChI=1S/C6H12N2O.C2HF3O2/c1-7-6(9)5-2-3-8-4-5;3-2(4,5)1(6)7/h5,8H,2-4H2,1H3,(H,7,9);(H,6,7). The molecule has 0 aromatic carbocycles. The Morgan fingerprint density at radius 2 is 1.94 bits per heavy atom. The Bertz CT molecular complexity index is 249. The van der Waals surface area contributed by atoms with Gasteiger partial charge in [-0.05, 0) is 13.0 Å². The summed E-state index contributed by atoms with van der Waals surface area (Å²) >= 11 is 0. The Hall–Kier alpha value is -1.31. The molecule has 1 aliphatic heterocycles. The molecule has 0 aromatic heterocycles. The van der Waals surface area contributed by atoms with Crippen molar-refractivity contribution in [2.75, 3.05) is 20.1 Å². The van der Waals surface area contributed by atoms with Crippen LogP contribution >= 0.6 is 0 Å². The maximum atomic E-state index is 10.9. The summed E-state index contributed by atoms with van der Waals surface area (Å²) in [7, 11) is 1.68. The molecule has 0 aliphatic carbocycles. The van der Waals surface area contributed by atoms with Crippen LogP contribution in [0.5, 0.6) is 0 Å². The van der Waals surface area contributed by atoms with Gasteiger partial charge in [-0.25, -0.2) is 4.79 Å². The Morgan fingerprint density at radius 3 is 2.19 bits per heavy atom. The van der Waals surface area contributed by atoms with E-state index in [0.717, 1.165) is 19.5 Å². The first-order valence-corrected chi connectivity index (χ1v) is 4.51. The number of aliphatic carboxylic acids is 1. The fourth-order valence-electron chi connectivity index (χ4n) is 1.08. The van der Waals surface area contributed by atoms with Gasteiger partial charge >= 0.3 is 12.1 Å². The summed E-state index contributed by atoms with van der Waals surface area (Å²) in [5, 5.41) is 12.9. The van der Waals surface area contributed by atoms with Gasteiger partial charge in [-0.1, -0.05) is 0 Å². The molecule has 3 N–H and O–H groups in total. The lowest BCUT2D eigenvalue weighted by molar-refractivity contribution is -0.192. The van der Waals surface area contributed by atoms with E-state index < -0.39 is 12.1 Å². The monoisotopic (exact) mass is 242 g/mol. The number of amides is 1. The number of carboxylic acids is 1. The number of nitrogens with one attached hydrogen (secondary N) is 2. The highest BCUT2D eigenvalue weighted by molar-refractivity contribution is 5.78. The molecule has 0 bridgehead atoms. The molecule has 1 aliphatic rings. The van der Waals surface area contributed by atoms with Crippen molar-refractivity contribution < 1.29 is 27.9 Å². The highest BCUT2D eigenvalue weighted by atomic mass is 19.4. The smallest absolute Gasteiger partial charge is 0.475 e. The molecule has 1 rings (SSSR count). The molecule has 1 atom stereocenters. The summed E-state index contributed by atoms with van der Waals surface area (Å²) in [6.45, 7) is 1.83. The van der Waals surface area contributed by atoms with Crippen molar-refractivity contribution in [1.82, 2.24) is 10.6 Å². The average Bonchev–Trinajstić information content (AvgIpc) is 2.69. The lowest BCUT2D eigenvalue weighted by Gasteiger charge is -2.03. The molecule has 1 saturated heterocycles. The summed E-state index contributed by atoms with van der Waals surface area (Å²) in [6, 6.07) is 0. The molecule has 0 radical (unpaired) electrons. The van der Waals surface area contributed by atoms with Crippen LogP contribution in [0.3, 0.4) is 0 Å². The second-order valence-corrected chi connectivity index (χ2v) is 3.11. The molecule has 0 saturated carbocycles. The number of hydrogen-bond donors (Lipinski definition) is 3. The zero-order valence-electron chi connectivity index (χ0n) is 8.60. The van der Waals surface area contributed by atoms with E-state index in [9.17, 15) is 18.0 Å². The predicted octanol–water partition coefficient (Wildman–Crippen LogP) is -0.0248. The molecule has 0 spiro atoms. The minimum absolute atomic E-state index is 0.167. The van der Waals surface area contributed by atoms with Gasteiger partial charge in [-0.2, -0.15) is 13.2 Å². The van der Waals surface area contributed by atoms with E-state index in [1.165, 1.54) is 0 Å². The van der Waals surface area contributed by atoms with Crippen LogP contribution in [0.25, 0.3) is 0 Å². The molecule has 1 heterocycles. The minimum Gasteiger partial charge on any atom is -0.475 e. The molecular weight excluding hydrogens is 229 g/mol. The SMILES string of the molecule is CNC(=O)C1CCNC1.O=C(O)C(F)(F)F. The highest BCUT2D eigenvalue weighted by Crippen LogP contribution is 2.13. The maximum Gasteiger partial charge on any atom is 0.490 e. The van der Waals surface area contributed by atoms with E-state index in [1.807, 2.05) is 0 Å². The van der Waals surface area contributed by atoms with E-state index in [2.05, 4.69) is 10.6 Å². The Balaban J connectivity index is 0.000000293. The van der Waals surface area contributed by atoms with Crippen LogP contribution in [0.2, 0.25) is 0 Å². The van der Waals surface area contributed by atoms with Gasteiger partial charge in [0.15, 0.2) is 0 Å². The predicted molar refractivity (Wildman–Crippen MR) is 48.7 cm³/mol. The summed E-state index contributed by atoms with van der Waals surface area (Å²) in [6.07, 6.45) is -4.10. The number of alkyl halides is 3. The first-order valence-electron chi connectivity index (χ1n) is 4.51. The summed E-state index contributed by atoms with van der Waals surface area (Å²) in [5.74, 6) is -2.37. The van der Waals surface area contributed by atoms with Crippen molar-refractivity contribution in [2.24, 2.45) is 5.92 Å². The van der Waals surface area contributed by atoms with Gasteiger partial charge < -0.3 is 15.7 Å². The second-order valence-electron chi connectivity index (χ2n) is 3.11. The topological polar surface area (TPSA) is 78.4 Å². The number of rotatable bonds is 1. The van der Waals surface area contributed by atoms with Gasteiger partial charge in [0.2, 0.25) is 5.91 Å². The maximum absolute atomic E-state index is 10.9. The molecule has 16 heavy (non-hydrogen) atoms. The fraction of sp³-hybridized carbons (Fsp3) is 0.750. The number of carbonyl (C=O) groups is 2. The lowest BCUT2D eigenvalue weighted by Crippen LogP contribution is -2.28. The fourth-order valence-corrected chi connectivity index (χ4v) is 1.08. The summed E-state index contributed by atoms with van der Waals surface area (Å²) in [4.78, 5) is 19.8. The minimum atomic E-state index is -5.08. The van der Waals surface area contributed by atoms with Crippen LogP contribution in [-0.4, -0.2) is 43.3 Å². The summed E-state index contributed by atoms with van der Waals surface area (Å²) < 4.78 is 31.7. The van der Waals surface area contributed by atoms with E-state index in [1.54, 1.807) is 7.05 Å². The molecular formula is C8H13F3N2O3. The van der Waals surface area contributed by atoms with Crippen LogP contribution in [0, 0.1) is 5.92 Å². The third-order valence-corrected chi connectivity index (χ3v) is 1.92. The third-order valence-electron chi connectivity index (χ3n) is 1.92. The largest absolute Gasteiger partial charge is 0.490 e. The van der Waals surface area contributed by atoms with Crippen molar-refractivity contribution in [2.45, 2.75) is 12.6 Å². The van der Waals surface area contributed by atoms with E-state index in [0.29, 0.717) is 0 Å². The molecule has 94 valence electrons. The van der Waals surface area contributed by atoms with Gasteiger partial charge in [-0.3, -0.25) is 4.79 Å². The number of carboxylic acid groups (broad SMARTS) is 1. The first-order chi connectivity index (χ1) is 7.29. The van der Waals surface area contributed by atoms with Gasteiger partial charge in [0, 0.05) is 13.6 Å². The molecule has 0 aromatic rings. The van der Waals surface area contributed by atoms with Gasteiger partial charge in [0.05, 0.1) is 5.92 Å². The van der Waals surface area contributed by atoms with Gasteiger partial charge in [0.25, 0.3) is 0 Å². The molecule has 1 amide bonds. The van der Waals surface area contributed by atoms with Crippen molar-refractivity contribution in [3.63, 3.8) is 0 Å². The Morgan fingerprint density at radius 1 is 1.44 bits per heavy atom. The molecule has 8 heteroatoms. The third kappa shape index (κ3) is 5.54. The van der Waals surface area contributed by atoms with E-state index >= 15 is 0 Å². The average molecular weight is 242 g/mol. The van der Waals surface area contributed by atoms with Crippen LogP contribution in [-0.2, 0) is 9.59 Å². The van der Waals surface area contributed by atoms with Crippen LogP contribution in [0.1, 0.15) is 6.42 Å². The van der Waals surface area contributed by atoms with Crippen molar-refractivity contribution in [3.05, 3.63) is 0 Å². The normalized spacial score (nSPS) is 19.6. The van der Waals surface area contributed by atoms with Crippen molar-refractivity contribution in [1.29, 1.82) is 0 Å². The lowest BCUT2D eigenvalue weighted by atomic mass is 10.1. The molecule has 1 fully saturated rings. The van der Waals surface area contributed by atoms with Gasteiger partial charge in [-0.15, -0.1) is 0 Å². The zero-order valence-corrected chi connectivity index (χ0v) is 8.60. The van der Waals surface area contributed by atoms with Gasteiger partial charge in [0.1, 0.15) is 0 Å². The van der Waals surface area contributed by atoms with E-state index in [-0.39, 0.29) is 11.8 Å². The van der Waals surface area contributed by atoms with Crippen LogP contribution in [0.4, 0.5) is 13.2 Å². The first kappa shape index (κ1) is 14.7. The van der Waals surface area contributed by atoms with Crippen molar-refractivity contribution in [3.8, 4) is 0 Å². The van der Waals surface area contributed by atoms with Crippen LogP contribution in [0.15, 0.2) is 0 Å². The Labute approximate surface area is 90.0 Å².